The molecule has 8 nitrogen and oxygen atoms in total. The Balaban J connectivity index is 1.70. The maximum atomic E-state index is 12.3. The summed E-state index contributed by atoms with van der Waals surface area (Å²) >= 11 is 0. The molecule has 1 aliphatic rings. The first-order valence-corrected chi connectivity index (χ1v) is 8.03. The average Bonchev–Trinajstić information content (AvgIpc) is 2.59. The zero-order valence-electron chi connectivity index (χ0n) is 14.0. The molecule has 8 heteroatoms. The van der Waals surface area contributed by atoms with Crippen LogP contribution in [-0.2, 0) is 14.3 Å². The Kier molecular flexibility index (Phi) is 4.80. The Bertz CT molecular complexity index is 853. The highest BCUT2D eigenvalue weighted by Gasteiger charge is 2.27. The van der Waals surface area contributed by atoms with E-state index in [0.29, 0.717) is 23.9 Å². The summed E-state index contributed by atoms with van der Waals surface area (Å²) in [6.45, 7) is 4.31. The van der Waals surface area contributed by atoms with Gasteiger partial charge in [-0.15, -0.1) is 0 Å². The van der Waals surface area contributed by atoms with Crippen molar-refractivity contribution in [3.63, 3.8) is 0 Å². The molecule has 1 aliphatic heterocycles. The zero-order valence-corrected chi connectivity index (χ0v) is 14.0. The predicted octanol–water partition coefficient (Wildman–Crippen LogP) is 0.716. The van der Waals surface area contributed by atoms with Crippen LogP contribution in [0.15, 0.2) is 29.1 Å². The number of hydrogen-bond donors (Lipinski definition) is 1. The summed E-state index contributed by atoms with van der Waals surface area (Å²) in [4.78, 5) is 37.9. The number of benzene rings is 1. The Hall–Kier alpha value is -2.74. The minimum Gasteiger partial charge on any atom is -0.451 e. The van der Waals surface area contributed by atoms with Crippen LogP contribution in [0.3, 0.4) is 0 Å². The van der Waals surface area contributed by atoms with Crippen LogP contribution in [-0.4, -0.2) is 58.9 Å². The third kappa shape index (κ3) is 3.69. The summed E-state index contributed by atoms with van der Waals surface area (Å²) in [5.41, 5.74) is -0.411. The van der Waals surface area contributed by atoms with Crippen LogP contribution in [0.25, 0.3) is 10.8 Å². The molecular formula is C17H19N3O5. The van der Waals surface area contributed by atoms with Gasteiger partial charge in [0.2, 0.25) is 0 Å². The summed E-state index contributed by atoms with van der Waals surface area (Å²) in [7, 11) is 0. The molecule has 0 aliphatic carbocycles. The number of carbonyl (C=O) groups is 2. The van der Waals surface area contributed by atoms with Crippen molar-refractivity contribution in [2.45, 2.75) is 26.1 Å². The number of amides is 1. The second kappa shape index (κ2) is 7.02. The maximum Gasteiger partial charge on any atom is 0.359 e. The van der Waals surface area contributed by atoms with Gasteiger partial charge in [0.15, 0.2) is 12.3 Å². The fourth-order valence-electron chi connectivity index (χ4n) is 2.94. The third-order valence-corrected chi connectivity index (χ3v) is 3.99. The largest absolute Gasteiger partial charge is 0.451 e. The molecule has 2 heterocycles. The molecule has 1 aromatic carbocycles. The number of aromatic amines is 1. The van der Waals surface area contributed by atoms with Gasteiger partial charge in [-0.25, -0.2) is 9.89 Å². The van der Waals surface area contributed by atoms with E-state index in [2.05, 4.69) is 10.2 Å². The Morgan fingerprint density at radius 2 is 1.88 bits per heavy atom. The van der Waals surface area contributed by atoms with Crippen LogP contribution < -0.4 is 5.56 Å². The van der Waals surface area contributed by atoms with Crippen LogP contribution >= 0.6 is 0 Å². The van der Waals surface area contributed by atoms with Crippen LogP contribution in [0.2, 0.25) is 0 Å². The molecule has 0 spiro atoms. The van der Waals surface area contributed by atoms with E-state index >= 15 is 0 Å². The number of aromatic nitrogens is 2. The van der Waals surface area contributed by atoms with Crippen LogP contribution in [0, 0.1) is 0 Å². The monoisotopic (exact) mass is 345 g/mol. The number of carbonyl (C=O) groups excluding carboxylic acids is 2. The van der Waals surface area contributed by atoms with Gasteiger partial charge in [0.05, 0.1) is 17.6 Å². The first-order valence-electron chi connectivity index (χ1n) is 8.03. The van der Waals surface area contributed by atoms with Crippen LogP contribution in [0.4, 0.5) is 0 Å². The van der Waals surface area contributed by atoms with Gasteiger partial charge in [-0.3, -0.25) is 9.59 Å². The zero-order chi connectivity index (χ0) is 18.0. The summed E-state index contributed by atoms with van der Waals surface area (Å²) < 4.78 is 10.7. The van der Waals surface area contributed by atoms with Gasteiger partial charge < -0.3 is 14.4 Å². The van der Waals surface area contributed by atoms with Crippen molar-refractivity contribution >= 4 is 22.6 Å². The Morgan fingerprint density at radius 1 is 1.24 bits per heavy atom. The van der Waals surface area contributed by atoms with E-state index < -0.39 is 5.97 Å². The molecule has 0 unspecified atom stereocenters. The molecule has 132 valence electrons. The van der Waals surface area contributed by atoms with Crippen molar-refractivity contribution in [1.29, 1.82) is 0 Å². The number of rotatable bonds is 3. The lowest BCUT2D eigenvalue weighted by atomic mass is 10.1. The number of nitrogens with one attached hydrogen (secondary N) is 1. The topological polar surface area (TPSA) is 102 Å². The van der Waals surface area contributed by atoms with E-state index in [0.717, 1.165) is 0 Å². The van der Waals surface area contributed by atoms with Crippen LogP contribution in [0.5, 0.6) is 0 Å². The number of morpholine rings is 1. The fourth-order valence-corrected chi connectivity index (χ4v) is 2.94. The maximum absolute atomic E-state index is 12.3. The number of esters is 1. The van der Waals surface area contributed by atoms with Crippen molar-refractivity contribution < 1.29 is 19.1 Å². The first kappa shape index (κ1) is 17.1. The van der Waals surface area contributed by atoms with Gasteiger partial charge in [0.1, 0.15) is 0 Å². The normalized spacial score (nSPS) is 20.5. The quantitative estimate of drug-likeness (QED) is 0.823. The summed E-state index contributed by atoms with van der Waals surface area (Å²) in [6.07, 6.45) is -0.124. The van der Waals surface area contributed by atoms with E-state index in [1.807, 2.05) is 13.8 Å². The van der Waals surface area contributed by atoms with Gasteiger partial charge in [-0.2, -0.15) is 5.10 Å². The summed E-state index contributed by atoms with van der Waals surface area (Å²) in [5, 5.41) is 6.76. The van der Waals surface area contributed by atoms with Gasteiger partial charge >= 0.3 is 5.97 Å². The van der Waals surface area contributed by atoms with Crippen molar-refractivity contribution in [3.05, 3.63) is 40.3 Å². The third-order valence-electron chi connectivity index (χ3n) is 3.99. The minimum atomic E-state index is -0.754. The highest BCUT2D eigenvalue weighted by atomic mass is 16.5. The van der Waals surface area contributed by atoms with E-state index in [1.54, 1.807) is 29.2 Å². The number of fused-ring (bicyclic) bond motifs is 1. The number of ether oxygens (including phenoxy) is 2. The van der Waals surface area contributed by atoms with Gasteiger partial charge in [-0.1, -0.05) is 18.2 Å². The molecule has 25 heavy (non-hydrogen) atoms. The highest BCUT2D eigenvalue weighted by molar-refractivity contribution is 6.02. The van der Waals surface area contributed by atoms with Gasteiger partial charge in [0, 0.05) is 18.5 Å². The average molecular weight is 345 g/mol. The fraction of sp³-hybridized carbons (Fsp3) is 0.412. The molecule has 3 rings (SSSR count). The highest BCUT2D eigenvalue weighted by Crippen LogP contribution is 2.14. The second-order valence-electron chi connectivity index (χ2n) is 6.08. The second-order valence-corrected chi connectivity index (χ2v) is 6.08. The molecule has 0 saturated carbocycles. The molecule has 1 saturated heterocycles. The van der Waals surface area contributed by atoms with Crippen molar-refractivity contribution in [1.82, 2.24) is 15.1 Å². The van der Waals surface area contributed by atoms with E-state index in [-0.39, 0.29) is 36.0 Å². The SMILES string of the molecule is C[C@@H]1CN(C(=O)COC(=O)c2n[nH]c(=O)c3ccccc23)C[C@@H](C)O1. The molecule has 2 aromatic rings. The Labute approximate surface area is 143 Å². The van der Waals surface area contributed by atoms with E-state index in [9.17, 15) is 14.4 Å². The van der Waals surface area contributed by atoms with Gasteiger partial charge in [0.25, 0.3) is 11.5 Å². The summed E-state index contributed by atoms with van der Waals surface area (Å²) in [5.74, 6) is -1.04. The molecule has 1 aromatic heterocycles. The number of H-pyrrole nitrogens is 1. The molecule has 0 bridgehead atoms. The molecule has 1 fully saturated rings. The van der Waals surface area contributed by atoms with Crippen LogP contribution in [0.1, 0.15) is 24.3 Å². The van der Waals surface area contributed by atoms with Crippen molar-refractivity contribution in [2.75, 3.05) is 19.7 Å². The smallest absolute Gasteiger partial charge is 0.359 e. The van der Waals surface area contributed by atoms with E-state index in [4.69, 9.17) is 9.47 Å². The predicted molar refractivity (Wildman–Crippen MR) is 89.2 cm³/mol. The minimum absolute atomic E-state index is 0.0216. The van der Waals surface area contributed by atoms with Gasteiger partial charge in [-0.05, 0) is 19.9 Å². The molecular weight excluding hydrogens is 326 g/mol. The molecule has 1 amide bonds. The van der Waals surface area contributed by atoms with Crippen molar-refractivity contribution in [2.24, 2.45) is 0 Å². The Morgan fingerprint density at radius 3 is 2.56 bits per heavy atom. The van der Waals surface area contributed by atoms with Crippen molar-refractivity contribution in [3.8, 4) is 0 Å². The standard InChI is InChI=1S/C17H19N3O5/c1-10-7-20(8-11(2)25-10)14(21)9-24-17(23)15-12-5-3-4-6-13(12)16(22)19-18-15/h3-6,10-11H,7-9H2,1-2H3,(H,19,22)/t10-,11-/m1/s1. The number of nitrogens with zero attached hydrogens (tertiary/aromatic N) is 2. The summed E-state index contributed by atoms with van der Waals surface area (Å²) in [6, 6.07) is 6.59. The molecule has 2 atom stereocenters. The number of hydrogen-bond acceptors (Lipinski definition) is 6. The lowest BCUT2D eigenvalue weighted by Gasteiger charge is -2.35. The lowest BCUT2D eigenvalue weighted by Crippen LogP contribution is -2.49. The first-order chi connectivity index (χ1) is 12.0. The molecule has 0 radical (unpaired) electrons. The lowest BCUT2D eigenvalue weighted by molar-refractivity contribution is -0.146. The van der Waals surface area contributed by atoms with E-state index in [1.165, 1.54) is 0 Å². The molecule has 1 N–H and O–H groups in total.